The molecule has 2 N–H and O–H groups in total. The molecule has 0 aliphatic rings. The van der Waals surface area contributed by atoms with Crippen molar-refractivity contribution in [1.82, 2.24) is 4.31 Å². The minimum absolute atomic E-state index is 0.140. The van der Waals surface area contributed by atoms with Crippen LogP contribution in [-0.4, -0.2) is 43.4 Å². The van der Waals surface area contributed by atoms with Gasteiger partial charge in [0.15, 0.2) is 6.61 Å². The SMILES string of the molecule is C=C(C(=O)O)N(Cc1ccccc1NC(=O)COc1ccccc1)S(=O)(=O)c1ccc(OC)cc1. The third-order valence-electron chi connectivity index (χ3n) is 4.91. The van der Waals surface area contributed by atoms with E-state index >= 15 is 0 Å². The molecule has 0 saturated carbocycles. The lowest BCUT2D eigenvalue weighted by molar-refractivity contribution is -0.133. The van der Waals surface area contributed by atoms with E-state index in [2.05, 4.69) is 11.9 Å². The van der Waals surface area contributed by atoms with Crippen LogP contribution >= 0.6 is 0 Å². The quantitative estimate of drug-likeness (QED) is 0.390. The van der Waals surface area contributed by atoms with Gasteiger partial charge in [0.25, 0.3) is 15.9 Å². The molecular weight excluding hydrogens is 472 g/mol. The monoisotopic (exact) mass is 496 g/mol. The van der Waals surface area contributed by atoms with Crippen LogP contribution in [0.25, 0.3) is 0 Å². The zero-order valence-corrected chi connectivity index (χ0v) is 19.7. The molecule has 0 heterocycles. The third-order valence-corrected chi connectivity index (χ3v) is 6.71. The molecule has 3 aromatic carbocycles. The van der Waals surface area contributed by atoms with Crippen LogP contribution in [0.5, 0.6) is 11.5 Å². The first-order valence-electron chi connectivity index (χ1n) is 10.4. The highest BCUT2D eigenvalue weighted by molar-refractivity contribution is 7.89. The van der Waals surface area contributed by atoms with Gasteiger partial charge in [0, 0.05) is 5.69 Å². The molecule has 182 valence electrons. The third kappa shape index (κ3) is 6.39. The molecule has 3 aromatic rings. The highest BCUT2D eigenvalue weighted by atomic mass is 32.2. The van der Waals surface area contributed by atoms with Crippen LogP contribution in [0.4, 0.5) is 5.69 Å². The van der Waals surface area contributed by atoms with Crippen molar-refractivity contribution in [2.45, 2.75) is 11.4 Å². The summed E-state index contributed by atoms with van der Waals surface area (Å²) in [4.78, 5) is 24.0. The average molecular weight is 497 g/mol. The topological polar surface area (TPSA) is 122 Å². The number of nitrogens with one attached hydrogen (secondary N) is 1. The van der Waals surface area contributed by atoms with Gasteiger partial charge in [0.2, 0.25) is 0 Å². The first-order valence-corrected chi connectivity index (χ1v) is 11.8. The van der Waals surface area contributed by atoms with E-state index in [-0.39, 0.29) is 18.0 Å². The molecule has 9 nitrogen and oxygen atoms in total. The van der Waals surface area contributed by atoms with Crippen LogP contribution in [-0.2, 0) is 26.2 Å². The predicted octanol–water partition coefficient (Wildman–Crippen LogP) is 3.50. The highest BCUT2D eigenvalue weighted by Gasteiger charge is 2.30. The number of sulfonamides is 1. The van der Waals surface area contributed by atoms with Gasteiger partial charge in [0.1, 0.15) is 17.2 Å². The van der Waals surface area contributed by atoms with Gasteiger partial charge in [-0.1, -0.05) is 43.0 Å². The number of hydrogen-bond acceptors (Lipinski definition) is 6. The Bertz CT molecular complexity index is 1310. The molecule has 0 spiro atoms. The minimum atomic E-state index is -4.30. The van der Waals surface area contributed by atoms with E-state index in [1.165, 1.54) is 31.4 Å². The second-order valence-electron chi connectivity index (χ2n) is 7.25. The van der Waals surface area contributed by atoms with Gasteiger partial charge < -0.3 is 19.9 Å². The summed E-state index contributed by atoms with van der Waals surface area (Å²) in [5, 5.41) is 12.2. The Balaban J connectivity index is 1.85. The van der Waals surface area contributed by atoms with Crippen LogP contribution in [0.3, 0.4) is 0 Å². The second-order valence-corrected chi connectivity index (χ2v) is 9.11. The molecule has 0 atom stereocenters. The molecule has 0 unspecified atom stereocenters. The molecule has 0 radical (unpaired) electrons. The minimum Gasteiger partial charge on any atom is -0.497 e. The van der Waals surface area contributed by atoms with Gasteiger partial charge >= 0.3 is 5.97 Å². The zero-order valence-electron chi connectivity index (χ0n) is 18.9. The van der Waals surface area contributed by atoms with E-state index in [0.717, 1.165) is 0 Å². The van der Waals surface area contributed by atoms with Crippen LogP contribution in [0.15, 0.2) is 96.0 Å². The normalized spacial score (nSPS) is 10.8. The number of carbonyl (C=O) groups is 2. The van der Waals surface area contributed by atoms with Crippen molar-refractivity contribution in [1.29, 1.82) is 0 Å². The lowest BCUT2D eigenvalue weighted by Crippen LogP contribution is -2.33. The number of ether oxygens (including phenoxy) is 2. The number of nitrogens with zero attached hydrogens (tertiary/aromatic N) is 1. The summed E-state index contributed by atoms with van der Waals surface area (Å²) < 4.78 is 37.8. The molecule has 35 heavy (non-hydrogen) atoms. The second kappa shape index (κ2) is 11.2. The number of aliphatic carboxylic acids is 1. The number of carboxylic acids is 1. The van der Waals surface area contributed by atoms with Gasteiger partial charge in [-0.25, -0.2) is 13.2 Å². The number of anilines is 1. The molecule has 0 bridgehead atoms. The van der Waals surface area contributed by atoms with E-state index in [1.807, 2.05) is 6.07 Å². The molecule has 1 amide bonds. The number of methoxy groups -OCH3 is 1. The van der Waals surface area contributed by atoms with Crippen molar-refractivity contribution in [3.8, 4) is 11.5 Å². The van der Waals surface area contributed by atoms with E-state index in [9.17, 15) is 23.1 Å². The summed E-state index contributed by atoms with van der Waals surface area (Å²) in [6.07, 6.45) is 0. The van der Waals surface area contributed by atoms with Gasteiger partial charge in [-0.2, -0.15) is 0 Å². The van der Waals surface area contributed by atoms with Crippen molar-refractivity contribution in [2.24, 2.45) is 0 Å². The van der Waals surface area contributed by atoms with E-state index in [0.29, 0.717) is 27.1 Å². The maximum Gasteiger partial charge on any atom is 0.352 e. The van der Waals surface area contributed by atoms with Gasteiger partial charge in [0.05, 0.1) is 18.6 Å². The lowest BCUT2D eigenvalue weighted by Gasteiger charge is -2.25. The Hall–Kier alpha value is -4.31. The van der Waals surface area contributed by atoms with Crippen molar-refractivity contribution >= 4 is 27.6 Å². The Morgan fingerprint density at radius 1 is 0.943 bits per heavy atom. The van der Waals surface area contributed by atoms with Crippen molar-refractivity contribution in [3.63, 3.8) is 0 Å². The molecular formula is C25H24N2O7S. The Labute approximate surface area is 203 Å². The maximum atomic E-state index is 13.3. The fourth-order valence-corrected chi connectivity index (χ4v) is 4.51. The van der Waals surface area contributed by atoms with Gasteiger partial charge in [-0.05, 0) is 48.0 Å². The van der Waals surface area contributed by atoms with Crippen LogP contribution in [0, 0.1) is 0 Å². The molecule has 0 aliphatic carbocycles. The smallest absolute Gasteiger partial charge is 0.352 e. The lowest BCUT2D eigenvalue weighted by atomic mass is 10.1. The van der Waals surface area contributed by atoms with Gasteiger partial charge in [-0.3, -0.25) is 9.10 Å². The summed E-state index contributed by atoms with van der Waals surface area (Å²) in [6, 6.07) is 20.8. The Kier molecular flexibility index (Phi) is 8.11. The average Bonchev–Trinajstić information content (AvgIpc) is 2.87. The largest absolute Gasteiger partial charge is 0.497 e. The Morgan fingerprint density at radius 2 is 1.57 bits per heavy atom. The number of carbonyl (C=O) groups excluding carboxylic acids is 1. The Morgan fingerprint density at radius 3 is 2.20 bits per heavy atom. The number of hydrogen-bond donors (Lipinski definition) is 2. The molecule has 10 heteroatoms. The number of rotatable bonds is 11. The standard InChI is InChI=1S/C25H24N2O7S/c1-18(25(29)30)27(35(31,32)22-14-12-20(33-2)13-15-22)16-19-8-6-7-11-23(19)26-24(28)17-34-21-9-4-3-5-10-21/h3-15H,1,16-17H2,2H3,(H,26,28)(H,29,30). The van der Waals surface area contributed by atoms with Crippen molar-refractivity contribution in [2.75, 3.05) is 19.0 Å². The van der Waals surface area contributed by atoms with Crippen molar-refractivity contribution < 1.29 is 32.6 Å². The van der Waals surface area contributed by atoms with Crippen LogP contribution < -0.4 is 14.8 Å². The molecule has 0 saturated heterocycles. The summed E-state index contributed by atoms with van der Waals surface area (Å²) in [5.41, 5.74) is 0.0247. The van der Waals surface area contributed by atoms with Crippen LogP contribution in [0.1, 0.15) is 5.56 Å². The van der Waals surface area contributed by atoms with Crippen molar-refractivity contribution in [3.05, 3.63) is 96.7 Å². The number of carboxylic acid groups (broad SMARTS) is 1. The van der Waals surface area contributed by atoms with E-state index in [1.54, 1.807) is 48.5 Å². The number of para-hydroxylation sites is 2. The van der Waals surface area contributed by atoms with Gasteiger partial charge in [-0.15, -0.1) is 0 Å². The van der Waals surface area contributed by atoms with Crippen LogP contribution in [0.2, 0.25) is 0 Å². The summed E-state index contributed by atoms with van der Waals surface area (Å²) in [6.45, 7) is 2.80. The first kappa shape index (κ1) is 25.3. The maximum absolute atomic E-state index is 13.3. The fourth-order valence-electron chi connectivity index (χ4n) is 3.09. The summed E-state index contributed by atoms with van der Waals surface area (Å²) >= 11 is 0. The predicted molar refractivity (Wildman–Crippen MR) is 130 cm³/mol. The molecule has 0 fully saturated rings. The molecule has 0 aromatic heterocycles. The summed E-state index contributed by atoms with van der Waals surface area (Å²) in [7, 11) is -2.86. The van der Waals surface area contributed by atoms with E-state index < -0.39 is 27.6 Å². The number of amides is 1. The zero-order chi connectivity index (χ0) is 25.4. The summed E-state index contributed by atoms with van der Waals surface area (Å²) in [5.74, 6) is -1.01. The molecule has 3 rings (SSSR count). The molecule has 0 aliphatic heterocycles. The first-order chi connectivity index (χ1) is 16.7. The number of benzene rings is 3. The van der Waals surface area contributed by atoms with E-state index in [4.69, 9.17) is 9.47 Å². The fraction of sp³-hybridized carbons (Fsp3) is 0.120. The highest BCUT2D eigenvalue weighted by Crippen LogP contribution is 2.27.